The van der Waals surface area contributed by atoms with Gasteiger partial charge in [-0.3, -0.25) is 0 Å². The van der Waals surface area contributed by atoms with E-state index >= 15 is 0 Å². The van der Waals surface area contributed by atoms with Gasteiger partial charge in [0.25, 0.3) is 0 Å². The minimum Gasteiger partial charge on any atom is -0.313 e. The second-order valence-electron chi connectivity index (χ2n) is 5.02. The van der Waals surface area contributed by atoms with Gasteiger partial charge in [-0.2, -0.15) is 0 Å². The smallest absolute Gasteiger partial charge is 0.136 e. The Kier molecular flexibility index (Phi) is 6.77. The zero-order valence-corrected chi connectivity index (χ0v) is 13.2. The molecule has 0 spiro atoms. The number of nitrogens with one attached hydrogen (secondary N) is 1. The first-order valence-corrected chi connectivity index (χ1v) is 8.42. The topological polar surface area (TPSA) is 12.0 Å². The van der Waals surface area contributed by atoms with Gasteiger partial charge in [0.05, 0.1) is 0 Å². The van der Waals surface area contributed by atoms with Crippen LogP contribution in [0.5, 0.6) is 0 Å². The van der Waals surface area contributed by atoms with E-state index in [1.807, 2.05) is 18.2 Å². The molecule has 0 saturated carbocycles. The van der Waals surface area contributed by atoms with Crippen LogP contribution in [0.25, 0.3) is 0 Å². The van der Waals surface area contributed by atoms with Crippen LogP contribution in [0.15, 0.2) is 59.5 Å². The van der Waals surface area contributed by atoms with Crippen molar-refractivity contribution in [3.05, 3.63) is 66.0 Å². The minimum absolute atomic E-state index is 0.124. The SMILES string of the molecule is CCNC(CCc1ccccc1)CSc1ccccc1F. The standard InChI is InChI=1S/C18H22FNS/c1-2-20-16(13-12-15-8-4-3-5-9-15)14-21-18-11-7-6-10-17(18)19/h3-11,16,20H,2,12-14H2,1H3. The van der Waals surface area contributed by atoms with Crippen molar-refractivity contribution < 1.29 is 4.39 Å². The highest BCUT2D eigenvalue weighted by atomic mass is 32.2. The lowest BCUT2D eigenvalue weighted by Gasteiger charge is -2.17. The first-order valence-electron chi connectivity index (χ1n) is 7.44. The van der Waals surface area contributed by atoms with Crippen LogP contribution in [0, 0.1) is 5.82 Å². The summed E-state index contributed by atoms with van der Waals surface area (Å²) in [5.41, 5.74) is 1.36. The average Bonchev–Trinajstić information content (AvgIpc) is 2.52. The lowest BCUT2D eigenvalue weighted by atomic mass is 10.1. The van der Waals surface area contributed by atoms with Crippen LogP contribution in [-0.2, 0) is 6.42 Å². The Balaban J connectivity index is 1.85. The fraction of sp³-hybridized carbons (Fsp3) is 0.333. The van der Waals surface area contributed by atoms with Crippen LogP contribution in [-0.4, -0.2) is 18.3 Å². The van der Waals surface area contributed by atoms with Crippen molar-refractivity contribution in [1.29, 1.82) is 0 Å². The monoisotopic (exact) mass is 303 g/mol. The molecule has 2 aromatic rings. The summed E-state index contributed by atoms with van der Waals surface area (Å²) in [6, 6.07) is 17.9. The van der Waals surface area contributed by atoms with Crippen molar-refractivity contribution >= 4 is 11.8 Å². The number of hydrogen-bond acceptors (Lipinski definition) is 2. The molecule has 0 fully saturated rings. The molecule has 3 heteroatoms. The molecule has 2 rings (SSSR count). The largest absolute Gasteiger partial charge is 0.313 e. The summed E-state index contributed by atoms with van der Waals surface area (Å²) in [5.74, 6) is 0.766. The van der Waals surface area contributed by atoms with Crippen LogP contribution >= 0.6 is 11.8 Å². The molecule has 0 aliphatic carbocycles. The highest BCUT2D eigenvalue weighted by molar-refractivity contribution is 7.99. The van der Waals surface area contributed by atoms with Gasteiger partial charge in [0.15, 0.2) is 0 Å². The van der Waals surface area contributed by atoms with E-state index in [9.17, 15) is 4.39 Å². The lowest BCUT2D eigenvalue weighted by Crippen LogP contribution is -2.31. The molecule has 1 atom stereocenters. The Morgan fingerprint density at radius 3 is 2.48 bits per heavy atom. The van der Waals surface area contributed by atoms with Crippen molar-refractivity contribution in [3.8, 4) is 0 Å². The normalized spacial score (nSPS) is 12.3. The van der Waals surface area contributed by atoms with Gasteiger partial charge in [-0.15, -0.1) is 11.8 Å². The maximum absolute atomic E-state index is 13.6. The Hall–Kier alpha value is -1.32. The summed E-state index contributed by atoms with van der Waals surface area (Å²) in [7, 11) is 0. The third kappa shape index (κ3) is 5.52. The van der Waals surface area contributed by atoms with E-state index in [1.165, 1.54) is 11.6 Å². The maximum atomic E-state index is 13.6. The highest BCUT2D eigenvalue weighted by Crippen LogP contribution is 2.22. The first-order chi connectivity index (χ1) is 10.3. The van der Waals surface area contributed by atoms with Crippen LogP contribution in [0.1, 0.15) is 18.9 Å². The van der Waals surface area contributed by atoms with E-state index in [-0.39, 0.29) is 5.82 Å². The van der Waals surface area contributed by atoms with Crippen molar-refractivity contribution in [3.63, 3.8) is 0 Å². The molecule has 0 heterocycles. The summed E-state index contributed by atoms with van der Waals surface area (Å²) >= 11 is 1.59. The Morgan fingerprint density at radius 1 is 1.05 bits per heavy atom. The Bertz CT molecular complexity index is 530. The van der Waals surface area contributed by atoms with E-state index in [0.29, 0.717) is 6.04 Å². The number of benzene rings is 2. The zero-order chi connectivity index (χ0) is 14.9. The molecule has 0 radical (unpaired) electrons. The molecule has 0 bridgehead atoms. The van der Waals surface area contributed by atoms with Gasteiger partial charge in [0.2, 0.25) is 0 Å². The summed E-state index contributed by atoms with van der Waals surface area (Å²) in [6.45, 7) is 3.06. The fourth-order valence-electron chi connectivity index (χ4n) is 2.27. The number of aryl methyl sites for hydroxylation is 1. The van der Waals surface area contributed by atoms with E-state index < -0.39 is 0 Å². The molecule has 112 valence electrons. The molecule has 0 amide bonds. The van der Waals surface area contributed by atoms with Gasteiger partial charge in [0, 0.05) is 16.7 Å². The van der Waals surface area contributed by atoms with Gasteiger partial charge in [-0.05, 0) is 37.1 Å². The maximum Gasteiger partial charge on any atom is 0.136 e. The average molecular weight is 303 g/mol. The molecule has 2 aromatic carbocycles. The van der Waals surface area contributed by atoms with Gasteiger partial charge < -0.3 is 5.32 Å². The molecule has 1 unspecified atom stereocenters. The summed E-state index contributed by atoms with van der Waals surface area (Å²) < 4.78 is 13.6. The predicted octanol–water partition coefficient (Wildman–Crippen LogP) is 4.53. The van der Waals surface area contributed by atoms with Crippen molar-refractivity contribution in [1.82, 2.24) is 5.32 Å². The lowest BCUT2D eigenvalue weighted by molar-refractivity contribution is 0.537. The Morgan fingerprint density at radius 2 is 1.76 bits per heavy atom. The van der Waals surface area contributed by atoms with Crippen LogP contribution in [0.2, 0.25) is 0 Å². The van der Waals surface area contributed by atoms with Crippen LogP contribution < -0.4 is 5.32 Å². The zero-order valence-electron chi connectivity index (χ0n) is 12.4. The van der Waals surface area contributed by atoms with Gasteiger partial charge in [0.1, 0.15) is 5.82 Å². The molecule has 21 heavy (non-hydrogen) atoms. The van der Waals surface area contributed by atoms with E-state index in [0.717, 1.165) is 30.0 Å². The molecule has 1 nitrogen and oxygen atoms in total. The van der Waals surface area contributed by atoms with Crippen molar-refractivity contribution in [2.45, 2.75) is 30.7 Å². The van der Waals surface area contributed by atoms with Crippen LogP contribution in [0.4, 0.5) is 4.39 Å². The number of thioether (sulfide) groups is 1. The second kappa shape index (κ2) is 8.85. The van der Waals surface area contributed by atoms with Crippen LogP contribution in [0.3, 0.4) is 0 Å². The molecule has 0 aliphatic rings. The molecule has 0 aromatic heterocycles. The quantitative estimate of drug-likeness (QED) is 0.719. The molecule has 0 saturated heterocycles. The van der Waals surface area contributed by atoms with Crippen molar-refractivity contribution in [2.24, 2.45) is 0 Å². The van der Waals surface area contributed by atoms with E-state index in [4.69, 9.17) is 0 Å². The predicted molar refractivity (Wildman–Crippen MR) is 89.4 cm³/mol. The molecular weight excluding hydrogens is 281 g/mol. The Labute approximate surface area is 131 Å². The molecule has 1 N–H and O–H groups in total. The van der Waals surface area contributed by atoms with Gasteiger partial charge in [-0.1, -0.05) is 49.4 Å². The summed E-state index contributed by atoms with van der Waals surface area (Å²) in [5, 5.41) is 3.50. The number of halogens is 1. The van der Waals surface area contributed by atoms with Gasteiger partial charge >= 0.3 is 0 Å². The molecule has 0 aliphatic heterocycles. The van der Waals surface area contributed by atoms with E-state index in [1.54, 1.807) is 17.8 Å². The fourth-order valence-corrected chi connectivity index (χ4v) is 3.32. The molecular formula is C18H22FNS. The van der Waals surface area contributed by atoms with Crippen molar-refractivity contribution in [2.75, 3.05) is 12.3 Å². The first kappa shape index (κ1) is 16.1. The summed E-state index contributed by atoms with van der Waals surface area (Å²) in [4.78, 5) is 0.736. The third-order valence-corrected chi connectivity index (χ3v) is 4.60. The number of rotatable bonds is 8. The summed E-state index contributed by atoms with van der Waals surface area (Å²) in [6.07, 6.45) is 2.12. The van der Waals surface area contributed by atoms with Gasteiger partial charge in [-0.25, -0.2) is 4.39 Å². The third-order valence-electron chi connectivity index (χ3n) is 3.39. The minimum atomic E-state index is -0.124. The highest BCUT2D eigenvalue weighted by Gasteiger charge is 2.10. The number of hydrogen-bond donors (Lipinski definition) is 1. The van der Waals surface area contributed by atoms with E-state index in [2.05, 4.69) is 36.5 Å². The second-order valence-corrected chi connectivity index (χ2v) is 6.08.